The molecule has 8 heteroatoms. The fraction of sp³-hybridized carbons (Fsp3) is 0.281. The first-order valence-electron chi connectivity index (χ1n) is 13.0. The Kier molecular flexibility index (Phi) is 8.00. The van der Waals surface area contributed by atoms with Crippen molar-refractivity contribution in [2.24, 2.45) is 0 Å². The number of ether oxygens (including phenoxy) is 3. The third kappa shape index (κ3) is 5.57. The lowest BCUT2D eigenvalue weighted by Gasteiger charge is -2.26. The number of esters is 1. The Bertz CT molecular complexity index is 1500. The quantitative estimate of drug-likeness (QED) is 0.129. The summed E-state index contributed by atoms with van der Waals surface area (Å²) < 4.78 is 16.4. The van der Waals surface area contributed by atoms with Gasteiger partial charge in [-0.15, -0.1) is 0 Å². The molecule has 1 amide bonds. The van der Waals surface area contributed by atoms with Crippen LogP contribution in [0.5, 0.6) is 17.2 Å². The van der Waals surface area contributed by atoms with Crippen LogP contribution in [0.3, 0.4) is 0 Å². The van der Waals surface area contributed by atoms with Crippen LogP contribution in [0.2, 0.25) is 0 Å². The van der Waals surface area contributed by atoms with Gasteiger partial charge in [0, 0.05) is 29.8 Å². The Hall–Kier alpha value is -4.59. The van der Waals surface area contributed by atoms with Crippen molar-refractivity contribution in [1.29, 1.82) is 0 Å². The minimum atomic E-state index is -1.01. The smallest absolute Gasteiger partial charge is 0.308 e. The summed E-state index contributed by atoms with van der Waals surface area (Å²) in [5.74, 6) is -1.06. The molecular weight excluding hydrogens is 510 g/mol. The monoisotopic (exact) mass is 543 g/mol. The van der Waals surface area contributed by atoms with Crippen molar-refractivity contribution in [1.82, 2.24) is 0 Å². The third-order valence-electron chi connectivity index (χ3n) is 6.57. The summed E-state index contributed by atoms with van der Waals surface area (Å²) in [6, 6.07) is 17.5. The van der Waals surface area contributed by atoms with Crippen LogP contribution in [0.1, 0.15) is 57.4 Å². The number of benzene rings is 3. The second kappa shape index (κ2) is 11.3. The number of nitrogens with zero attached hydrogens (tertiary/aromatic N) is 1. The number of rotatable bonds is 7. The van der Waals surface area contributed by atoms with Crippen LogP contribution in [-0.4, -0.2) is 36.5 Å². The number of hydrogen-bond donors (Lipinski definition) is 1. The number of methoxy groups -OCH3 is 1. The highest BCUT2D eigenvalue weighted by atomic mass is 16.5. The van der Waals surface area contributed by atoms with Gasteiger partial charge < -0.3 is 19.3 Å². The molecule has 1 saturated heterocycles. The summed E-state index contributed by atoms with van der Waals surface area (Å²) in [5, 5.41) is 11.7. The number of carbonyl (C=O) groups is 3. The molecule has 1 aliphatic heterocycles. The van der Waals surface area contributed by atoms with E-state index in [9.17, 15) is 19.5 Å². The Morgan fingerprint density at radius 3 is 2.33 bits per heavy atom. The second-order valence-electron chi connectivity index (χ2n) is 10.4. The van der Waals surface area contributed by atoms with E-state index in [1.807, 2.05) is 27.7 Å². The molecule has 3 aromatic rings. The molecule has 40 heavy (non-hydrogen) atoms. The molecule has 1 N–H and O–H groups in total. The minimum absolute atomic E-state index is 0.0863. The van der Waals surface area contributed by atoms with Crippen molar-refractivity contribution in [3.05, 3.63) is 89.0 Å². The van der Waals surface area contributed by atoms with Gasteiger partial charge in [0.15, 0.2) is 0 Å². The SMILES string of the molecule is CCOc1ccc(/C(O)=C2\C(=O)C(=O)N(c3cccc(OC)c3)C2c2cccc(OC(C)=O)c2)cc1C(C)(C)C. The summed E-state index contributed by atoms with van der Waals surface area (Å²) in [6.07, 6.45) is 0. The summed E-state index contributed by atoms with van der Waals surface area (Å²) in [6.45, 7) is 9.72. The zero-order chi connectivity index (χ0) is 29.2. The summed E-state index contributed by atoms with van der Waals surface area (Å²) >= 11 is 0. The highest BCUT2D eigenvalue weighted by Crippen LogP contribution is 2.44. The van der Waals surface area contributed by atoms with E-state index in [1.54, 1.807) is 66.7 Å². The third-order valence-corrected chi connectivity index (χ3v) is 6.57. The Labute approximate surface area is 233 Å². The van der Waals surface area contributed by atoms with Crippen LogP contribution in [0.4, 0.5) is 5.69 Å². The molecule has 0 bridgehead atoms. The maximum absolute atomic E-state index is 13.6. The van der Waals surface area contributed by atoms with E-state index >= 15 is 0 Å². The Morgan fingerprint density at radius 2 is 1.68 bits per heavy atom. The molecule has 3 aromatic carbocycles. The number of aliphatic hydroxyl groups is 1. The first kappa shape index (κ1) is 28.4. The molecule has 0 aromatic heterocycles. The lowest BCUT2D eigenvalue weighted by Crippen LogP contribution is -2.29. The van der Waals surface area contributed by atoms with Gasteiger partial charge in [0.1, 0.15) is 23.0 Å². The van der Waals surface area contributed by atoms with E-state index < -0.39 is 23.7 Å². The highest BCUT2D eigenvalue weighted by Gasteiger charge is 2.47. The Morgan fingerprint density at radius 1 is 0.975 bits per heavy atom. The van der Waals surface area contributed by atoms with E-state index in [4.69, 9.17) is 14.2 Å². The highest BCUT2D eigenvalue weighted by molar-refractivity contribution is 6.51. The predicted octanol–water partition coefficient (Wildman–Crippen LogP) is 5.94. The average molecular weight is 544 g/mol. The normalized spacial score (nSPS) is 16.6. The lowest BCUT2D eigenvalue weighted by molar-refractivity contribution is -0.132. The molecule has 1 fully saturated rings. The van der Waals surface area contributed by atoms with Gasteiger partial charge in [-0.05, 0) is 60.4 Å². The molecule has 1 aliphatic rings. The molecular formula is C32H33NO7. The van der Waals surface area contributed by atoms with Crippen molar-refractivity contribution in [2.45, 2.75) is 46.1 Å². The van der Waals surface area contributed by atoms with E-state index in [0.717, 1.165) is 5.56 Å². The van der Waals surface area contributed by atoms with E-state index in [1.165, 1.54) is 18.9 Å². The van der Waals surface area contributed by atoms with Crippen LogP contribution < -0.4 is 19.1 Å². The van der Waals surface area contributed by atoms with Gasteiger partial charge in [-0.3, -0.25) is 19.3 Å². The fourth-order valence-corrected chi connectivity index (χ4v) is 4.79. The maximum Gasteiger partial charge on any atom is 0.308 e. The number of anilines is 1. The lowest BCUT2D eigenvalue weighted by atomic mass is 9.84. The standard InChI is InChI=1S/C32H33NO7/c1-7-39-26-15-14-21(17-25(26)32(3,4)5)29(35)27-28(20-10-8-13-24(16-20)40-19(2)34)33(31(37)30(27)36)22-11-9-12-23(18-22)38-6/h8-18,28,35H,7H2,1-6H3/b29-27+. The van der Waals surface area contributed by atoms with Gasteiger partial charge in [-0.2, -0.15) is 0 Å². The van der Waals surface area contributed by atoms with E-state index in [-0.39, 0.29) is 22.5 Å². The van der Waals surface area contributed by atoms with Gasteiger partial charge in [0.2, 0.25) is 0 Å². The molecule has 4 rings (SSSR count). The molecule has 208 valence electrons. The number of ketones is 1. The average Bonchev–Trinajstić information content (AvgIpc) is 3.18. The molecule has 1 heterocycles. The zero-order valence-electron chi connectivity index (χ0n) is 23.5. The number of Topliss-reactive ketones (excluding diaryl/α,β-unsaturated/α-hetero) is 1. The maximum atomic E-state index is 13.6. The summed E-state index contributed by atoms with van der Waals surface area (Å²) in [7, 11) is 1.51. The van der Waals surface area contributed by atoms with Crippen LogP contribution >= 0.6 is 0 Å². The largest absolute Gasteiger partial charge is 0.507 e. The molecule has 0 spiro atoms. The number of amides is 1. The molecule has 0 radical (unpaired) electrons. The molecule has 1 atom stereocenters. The summed E-state index contributed by atoms with van der Waals surface area (Å²) in [5.41, 5.74) is 1.68. The van der Waals surface area contributed by atoms with Crippen molar-refractivity contribution >= 4 is 29.1 Å². The topological polar surface area (TPSA) is 102 Å². The van der Waals surface area contributed by atoms with Crippen molar-refractivity contribution < 1.29 is 33.7 Å². The molecule has 1 unspecified atom stereocenters. The van der Waals surface area contributed by atoms with Gasteiger partial charge in [-0.1, -0.05) is 39.0 Å². The first-order valence-corrected chi connectivity index (χ1v) is 13.0. The minimum Gasteiger partial charge on any atom is -0.507 e. The molecule has 0 aliphatic carbocycles. The van der Waals surface area contributed by atoms with Crippen LogP contribution in [-0.2, 0) is 19.8 Å². The Balaban J connectivity index is 1.96. The number of carbonyl (C=O) groups excluding carboxylic acids is 3. The molecule has 0 saturated carbocycles. The fourth-order valence-electron chi connectivity index (χ4n) is 4.79. The van der Waals surface area contributed by atoms with E-state index in [0.29, 0.717) is 34.9 Å². The van der Waals surface area contributed by atoms with Gasteiger partial charge in [0.05, 0.1) is 25.3 Å². The van der Waals surface area contributed by atoms with Crippen molar-refractivity contribution in [3.63, 3.8) is 0 Å². The van der Waals surface area contributed by atoms with Crippen molar-refractivity contribution in [2.75, 3.05) is 18.6 Å². The van der Waals surface area contributed by atoms with Gasteiger partial charge in [-0.25, -0.2) is 0 Å². The number of aliphatic hydroxyl groups excluding tert-OH is 1. The van der Waals surface area contributed by atoms with E-state index in [2.05, 4.69) is 0 Å². The molecule has 8 nitrogen and oxygen atoms in total. The van der Waals surface area contributed by atoms with Gasteiger partial charge in [0.25, 0.3) is 11.7 Å². The predicted molar refractivity (Wildman–Crippen MR) is 152 cm³/mol. The zero-order valence-corrected chi connectivity index (χ0v) is 23.5. The second-order valence-corrected chi connectivity index (χ2v) is 10.4. The summed E-state index contributed by atoms with van der Waals surface area (Å²) in [4.78, 5) is 40.1. The van der Waals surface area contributed by atoms with Crippen molar-refractivity contribution in [3.8, 4) is 17.2 Å². The van der Waals surface area contributed by atoms with Crippen LogP contribution in [0.25, 0.3) is 5.76 Å². The first-order chi connectivity index (χ1) is 19.0. The van der Waals surface area contributed by atoms with Crippen LogP contribution in [0.15, 0.2) is 72.3 Å². The van der Waals surface area contributed by atoms with Gasteiger partial charge >= 0.3 is 5.97 Å². The number of hydrogen-bond acceptors (Lipinski definition) is 7. The van der Waals surface area contributed by atoms with Crippen LogP contribution in [0, 0.1) is 0 Å².